The number of hydrogen-bond acceptors (Lipinski definition) is 2. The zero-order chi connectivity index (χ0) is 10.6. The Morgan fingerprint density at radius 2 is 2.50 bits per heavy atom. The summed E-state index contributed by atoms with van der Waals surface area (Å²) in [5.41, 5.74) is 1.21. The second-order valence-corrected chi connectivity index (χ2v) is 4.20. The summed E-state index contributed by atoms with van der Waals surface area (Å²) in [7, 11) is 1.36. The lowest BCUT2D eigenvalue weighted by atomic mass is 9.86. The lowest BCUT2D eigenvalue weighted by Crippen LogP contribution is -2.34. The molecule has 80 valence electrons. The first-order valence-electron chi connectivity index (χ1n) is 4.76. The fourth-order valence-corrected chi connectivity index (χ4v) is 2.06. The van der Waals surface area contributed by atoms with Crippen LogP contribution in [0.25, 0.3) is 0 Å². The van der Waals surface area contributed by atoms with Gasteiger partial charge < -0.3 is 10.1 Å². The van der Waals surface area contributed by atoms with E-state index in [4.69, 9.17) is 11.6 Å². The molecule has 3 nitrogen and oxygen atoms in total. The van der Waals surface area contributed by atoms with Crippen molar-refractivity contribution in [1.82, 2.24) is 5.32 Å². The summed E-state index contributed by atoms with van der Waals surface area (Å²) in [6.45, 7) is 4.51. The molecule has 4 heteroatoms. The van der Waals surface area contributed by atoms with E-state index in [1.54, 1.807) is 0 Å². The third kappa shape index (κ3) is 3.22. The van der Waals surface area contributed by atoms with Crippen molar-refractivity contribution in [2.75, 3.05) is 13.7 Å². The molecule has 0 aromatic rings. The SMILES string of the molecule is C=C1CCC(CNC(=O)OC)C(Cl)C1. The summed E-state index contributed by atoms with van der Waals surface area (Å²) < 4.78 is 4.49. The zero-order valence-electron chi connectivity index (χ0n) is 8.38. The van der Waals surface area contributed by atoms with Gasteiger partial charge in [0.2, 0.25) is 0 Å². The van der Waals surface area contributed by atoms with Crippen LogP contribution in [0.3, 0.4) is 0 Å². The van der Waals surface area contributed by atoms with Crippen molar-refractivity contribution in [2.45, 2.75) is 24.6 Å². The van der Waals surface area contributed by atoms with Crippen molar-refractivity contribution in [3.8, 4) is 0 Å². The van der Waals surface area contributed by atoms with Gasteiger partial charge in [-0.2, -0.15) is 0 Å². The molecule has 0 aliphatic heterocycles. The summed E-state index contributed by atoms with van der Waals surface area (Å²) in [6.07, 6.45) is 2.47. The van der Waals surface area contributed by atoms with Gasteiger partial charge in [-0.25, -0.2) is 4.79 Å². The molecule has 1 aliphatic rings. The van der Waals surface area contributed by atoms with Gasteiger partial charge in [-0.05, 0) is 25.2 Å². The third-order valence-electron chi connectivity index (χ3n) is 2.56. The molecular formula is C10H16ClNO2. The number of allylic oxidation sites excluding steroid dienone is 1. The minimum atomic E-state index is -0.390. The van der Waals surface area contributed by atoms with Crippen molar-refractivity contribution < 1.29 is 9.53 Å². The number of carbonyl (C=O) groups is 1. The Hall–Kier alpha value is -0.700. The maximum Gasteiger partial charge on any atom is 0.406 e. The van der Waals surface area contributed by atoms with E-state index in [2.05, 4.69) is 16.6 Å². The minimum Gasteiger partial charge on any atom is -0.453 e. The first-order chi connectivity index (χ1) is 6.63. The molecule has 0 radical (unpaired) electrons. The van der Waals surface area contributed by atoms with Crippen LogP contribution < -0.4 is 5.32 Å². The van der Waals surface area contributed by atoms with Crippen molar-refractivity contribution in [1.29, 1.82) is 0 Å². The van der Waals surface area contributed by atoms with Gasteiger partial charge in [-0.3, -0.25) is 0 Å². The highest BCUT2D eigenvalue weighted by molar-refractivity contribution is 6.21. The molecule has 0 bridgehead atoms. The Morgan fingerprint density at radius 1 is 1.79 bits per heavy atom. The number of ether oxygens (including phenoxy) is 1. The summed E-state index contributed by atoms with van der Waals surface area (Å²) in [4.78, 5) is 10.8. The first kappa shape index (κ1) is 11.4. The van der Waals surface area contributed by atoms with Gasteiger partial charge >= 0.3 is 6.09 Å². The largest absolute Gasteiger partial charge is 0.453 e. The molecule has 0 aromatic heterocycles. The lowest BCUT2D eigenvalue weighted by Gasteiger charge is -2.28. The third-order valence-corrected chi connectivity index (χ3v) is 3.07. The molecule has 0 heterocycles. The number of rotatable bonds is 2. The molecule has 1 fully saturated rings. The number of methoxy groups -OCH3 is 1. The normalized spacial score (nSPS) is 27.1. The Kier molecular flexibility index (Phi) is 4.26. The molecule has 1 saturated carbocycles. The number of halogens is 1. The zero-order valence-corrected chi connectivity index (χ0v) is 9.14. The molecule has 0 saturated heterocycles. The van der Waals surface area contributed by atoms with Crippen molar-refractivity contribution in [3.05, 3.63) is 12.2 Å². The van der Waals surface area contributed by atoms with Crippen LogP contribution in [0.1, 0.15) is 19.3 Å². The summed E-state index contributed by atoms with van der Waals surface area (Å²) >= 11 is 6.15. The predicted molar refractivity (Wildman–Crippen MR) is 56.5 cm³/mol. The maximum atomic E-state index is 10.8. The lowest BCUT2D eigenvalue weighted by molar-refractivity contribution is 0.168. The van der Waals surface area contributed by atoms with Gasteiger partial charge in [0, 0.05) is 11.9 Å². The topological polar surface area (TPSA) is 38.3 Å². The number of hydrogen-bond donors (Lipinski definition) is 1. The molecule has 0 aromatic carbocycles. The van der Waals surface area contributed by atoms with Crippen molar-refractivity contribution >= 4 is 17.7 Å². The smallest absolute Gasteiger partial charge is 0.406 e. The van der Waals surface area contributed by atoms with Gasteiger partial charge in [0.15, 0.2) is 0 Å². The molecule has 1 N–H and O–H groups in total. The van der Waals surface area contributed by atoms with E-state index in [1.165, 1.54) is 12.7 Å². The van der Waals surface area contributed by atoms with Crippen LogP contribution in [0.15, 0.2) is 12.2 Å². The molecule has 14 heavy (non-hydrogen) atoms. The van der Waals surface area contributed by atoms with Gasteiger partial charge in [-0.15, -0.1) is 11.6 Å². The Morgan fingerprint density at radius 3 is 3.07 bits per heavy atom. The van der Waals surface area contributed by atoms with Crippen LogP contribution in [-0.4, -0.2) is 25.1 Å². The Bertz CT molecular complexity index is 230. The van der Waals surface area contributed by atoms with Crippen molar-refractivity contribution in [2.24, 2.45) is 5.92 Å². The number of carbonyl (C=O) groups excluding carboxylic acids is 1. The van der Waals surface area contributed by atoms with Crippen molar-refractivity contribution in [3.63, 3.8) is 0 Å². The molecule has 2 unspecified atom stereocenters. The summed E-state index contributed by atoms with van der Waals surface area (Å²) in [6, 6.07) is 0. The predicted octanol–water partition coefficient (Wildman–Crippen LogP) is 2.31. The van der Waals surface area contributed by atoms with E-state index in [0.29, 0.717) is 12.5 Å². The Labute approximate surface area is 89.5 Å². The van der Waals surface area contributed by atoms with Crippen LogP contribution in [0.2, 0.25) is 0 Å². The highest BCUT2D eigenvalue weighted by Gasteiger charge is 2.25. The number of nitrogens with one attached hydrogen (secondary N) is 1. The monoisotopic (exact) mass is 217 g/mol. The molecule has 0 spiro atoms. The van der Waals surface area contributed by atoms with Crippen LogP contribution in [0.5, 0.6) is 0 Å². The summed E-state index contributed by atoms with van der Waals surface area (Å²) in [5, 5.41) is 2.76. The molecule has 2 atom stereocenters. The number of alkyl carbamates (subject to hydrolysis) is 1. The second kappa shape index (κ2) is 5.25. The molecular weight excluding hydrogens is 202 g/mol. The van der Waals surface area contributed by atoms with E-state index in [9.17, 15) is 4.79 Å². The maximum absolute atomic E-state index is 10.8. The molecule has 1 rings (SSSR count). The van der Waals surface area contributed by atoms with Crippen LogP contribution in [0, 0.1) is 5.92 Å². The highest BCUT2D eigenvalue weighted by atomic mass is 35.5. The van der Waals surface area contributed by atoms with E-state index in [-0.39, 0.29) is 5.38 Å². The fraction of sp³-hybridized carbons (Fsp3) is 0.700. The van der Waals surface area contributed by atoms with E-state index in [0.717, 1.165) is 19.3 Å². The number of amides is 1. The van der Waals surface area contributed by atoms with E-state index in [1.807, 2.05) is 0 Å². The summed E-state index contributed by atoms with van der Waals surface area (Å²) in [5.74, 6) is 0.335. The Balaban J connectivity index is 2.30. The van der Waals surface area contributed by atoms with Gasteiger partial charge in [0.1, 0.15) is 0 Å². The quantitative estimate of drug-likeness (QED) is 0.570. The van der Waals surface area contributed by atoms with E-state index >= 15 is 0 Å². The van der Waals surface area contributed by atoms with Crippen LogP contribution in [0.4, 0.5) is 4.79 Å². The fourth-order valence-electron chi connectivity index (χ4n) is 1.63. The van der Waals surface area contributed by atoms with Gasteiger partial charge in [-0.1, -0.05) is 12.2 Å². The first-order valence-corrected chi connectivity index (χ1v) is 5.19. The van der Waals surface area contributed by atoms with Crippen LogP contribution >= 0.6 is 11.6 Å². The average molecular weight is 218 g/mol. The number of alkyl halides is 1. The minimum absolute atomic E-state index is 0.0911. The average Bonchev–Trinajstić information content (AvgIpc) is 2.16. The highest BCUT2D eigenvalue weighted by Crippen LogP contribution is 2.30. The molecule has 1 amide bonds. The van der Waals surface area contributed by atoms with Gasteiger partial charge in [0.05, 0.1) is 7.11 Å². The van der Waals surface area contributed by atoms with Crippen LogP contribution in [-0.2, 0) is 4.74 Å². The van der Waals surface area contributed by atoms with Gasteiger partial charge in [0.25, 0.3) is 0 Å². The standard InChI is InChI=1S/C10H16ClNO2/c1-7-3-4-8(9(11)5-7)6-12-10(13)14-2/h8-9H,1,3-6H2,2H3,(H,12,13). The van der Waals surface area contributed by atoms with E-state index < -0.39 is 6.09 Å². The molecule has 1 aliphatic carbocycles. The second-order valence-electron chi connectivity index (χ2n) is 3.64.